The number of nitrogens with one attached hydrogen (secondary N) is 2. The molecule has 0 aliphatic rings. The van der Waals surface area contributed by atoms with Crippen molar-refractivity contribution < 1.29 is 8.42 Å². The molecular weight excluding hydrogens is 324 g/mol. The van der Waals surface area contributed by atoms with Gasteiger partial charge in [0, 0.05) is 22.3 Å². The summed E-state index contributed by atoms with van der Waals surface area (Å²) >= 11 is 3.38. The summed E-state index contributed by atoms with van der Waals surface area (Å²) in [7, 11) is -3.41. The summed E-state index contributed by atoms with van der Waals surface area (Å²) in [6, 6.07) is 1.75. The Morgan fingerprint density at radius 2 is 2.10 bits per heavy atom. The predicted octanol–water partition coefficient (Wildman–Crippen LogP) is 2.98. The van der Waals surface area contributed by atoms with Crippen molar-refractivity contribution in [3.8, 4) is 0 Å². The Bertz CT molecular complexity index is 526. The van der Waals surface area contributed by atoms with Gasteiger partial charge in [0.15, 0.2) is 0 Å². The Labute approximate surface area is 137 Å². The van der Waals surface area contributed by atoms with Crippen LogP contribution in [0.2, 0.25) is 0 Å². The van der Waals surface area contributed by atoms with Crippen molar-refractivity contribution in [3.05, 3.63) is 15.8 Å². The van der Waals surface area contributed by atoms with Crippen LogP contribution in [0, 0.1) is 6.92 Å². The molecule has 0 aromatic carbocycles. The third-order valence-electron chi connectivity index (χ3n) is 3.02. The second-order valence-corrected chi connectivity index (χ2v) is 9.34. The third kappa shape index (κ3) is 6.28. The number of hydrogen-bond donors (Lipinski definition) is 2. The molecule has 0 bridgehead atoms. The summed E-state index contributed by atoms with van der Waals surface area (Å²) in [5, 5.41) is 3.22. The van der Waals surface area contributed by atoms with Crippen molar-refractivity contribution >= 4 is 33.1 Å². The summed E-state index contributed by atoms with van der Waals surface area (Å²) in [6.45, 7) is 9.54. The van der Waals surface area contributed by atoms with Crippen LogP contribution in [-0.4, -0.2) is 32.5 Å². The summed E-state index contributed by atoms with van der Waals surface area (Å²) in [5.74, 6) is 2.05. The predicted molar refractivity (Wildman–Crippen MR) is 93.8 cm³/mol. The highest BCUT2D eigenvalue weighted by Gasteiger charge is 2.21. The molecule has 7 heteroatoms. The molecule has 1 aromatic rings. The molecular formula is C14H26N2O2S3. The van der Waals surface area contributed by atoms with Crippen molar-refractivity contribution in [2.75, 3.05) is 18.1 Å². The SMILES string of the molecule is CCNCc1cc(S(=O)(=O)NC(C)CCSCC)c(C)s1. The molecule has 0 fully saturated rings. The molecule has 0 spiro atoms. The van der Waals surface area contributed by atoms with Crippen LogP contribution < -0.4 is 10.0 Å². The molecule has 21 heavy (non-hydrogen) atoms. The second-order valence-electron chi connectivity index (χ2n) is 4.92. The molecule has 0 saturated heterocycles. The minimum absolute atomic E-state index is 0.0365. The van der Waals surface area contributed by atoms with Crippen LogP contribution in [0.15, 0.2) is 11.0 Å². The van der Waals surface area contributed by atoms with Crippen LogP contribution in [0.1, 0.15) is 36.9 Å². The van der Waals surface area contributed by atoms with Gasteiger partial charge in [-0.3, -0.25) is 0 Å². The minimum atomic E-state index is -3.41. The summed E-state index contributed by atoms with van der Waals surface area (Å²) < 4.78 is 27.7. The van der Waals surface area contributed by atoms with Gasteiger partial charge >= 0.3 is 0 Å². The Hall–Kier alpha value is -0.0800. The van der Waals surface area contributed by atoms with Gasteiger partial charge in [-0.2, -0.15) is 11.8 Å². The molecule has 4 nitrogen and oxygen atoms in total. The van der Waals surface area contributed by atoms with E-state index in [1.807, 2.05) is 32.5 Å². The highest BCUT2D eigenvalue weighted by atomic mass is 32.2. The van der Waals surface area contributed by atoms with E-state index < -0.39 is 10.0 Å². The fraction of sp³-hybridized carbons (Fsp3) is 0.714. The summed E-state index contributed by atoms with van der Waals surface area (Å²) in [4.78, 5) is 2.34. The maximum Gasteiger partial charge on any atom is 0.241 e. The van der Waals surface area contributed by atoms with Gasteiger partial charge in [-0.15, -0.1) is 11.3 Å². The van der Waals surface area contributed by atoms with Gasteiger partial charge in [0.05, 0.1) is 4.90 Å². The largest absolute Gasteiger partial charge is 0.312 e. The van der Waals surface area contributed by atoms with Crippen LogP contribution in [0.5, 0.6) is 0 Å². The number of thiophene rings is 1. The lowest BCUT2D eigenvalue weighted by Gasteiger charge is -2.13. The first-order chi connectivity index (χ1) is 9.90. The van der Waals surface area contributed by atoms with Gasteiger partial charge < -0.3 is 5.32 Å². The van der Waals surface area contributed by atoms with Crippen molar-refractivity contribution in [2.24, 2.45) is 0 Å². The second kappa shape index (κ2) is 9.15. The molecule has 0 aliphatic carbocycles. The molecule has 122 valence electrons. The van der Waals surface area contributed by atoms with Gasteiger partial charge in [0.25, 0.3) is 0 Å². The normalized spacial score (nSPS) is 13.5. The highest BCUT2D eigenvalue weighted by Crippen LogP contribution is 2.26. The maximum absolute atomic E-state index is 12.5. The highest BCUT2D eigenvalue weighted by molar-refractivity contribution is 7.99. The zero-order chi connectivity index (χ0) is 15.9. The minimum Gasteiger partial charge on any atom is -0.312 e. The fourth-order valence-electron chi connectivity index (χ4n) is 1.92. The molecule has 0 aliphatic heterocycles. The Morgan fingerprint density at radius 1 is 1.38 bits per heavy atom. The molecule has 1 rings (SSSR count). The van der Waals surface area contributed by atoms with Gasteiger partial charge in [-0.25, -0.2) is 13.1 Å². The fourth-order valence-corrected chi connectivity index (χ4v) is 5.61. The number of aryl methyl sites for hydroxylation is 1. The lowest BCUT2D eigenvalue weighted by Crippen LogP contribution is -2.33. The zero-order valence-electron chi connectivity index (χ0n) is 13.2. The van der Waals surface area contributed by atoms with Crippen molar-refractivity contribution in [3.63, 3.8) is 0 Å². The third-order valence-corrected chi connectivity index (χ3v) is 6.85. The number of rotatable bonds is 10. The lowest BCUT2D eigenvalue weighted by molar-refractivity contribution is 0.557. The van der Waals surface area contributed by atoms with E-state index in [4.69, 9.17) is 0 Å². The first kappa shape index (κ1) is 19.0. The van der Waals surface area contributed by atoms with E-state index in [0.29, 0.717) is 4.90 Å². The maximum atomic E-state index is 12.5. The van der Waals surface area contributed by atoms with Gasteiger partial charge in [0.1, 0.15) is 0 Å². The monoisotopic (exact) mass is 350 g/mol. The van der Waals surface area contributed by atoms with E-state index >= 15 is 0 Å². The van der Waals surface area contributed by atoms with E-state index in [0.717, 1.165) is 40.8 Å². The van der Waals surface area contributed by atoms with Gasteiger partial charge in [-0.05, 0) is 44.4 Å². The van der Waals surface area contributed by atoms with Crippen LogP contribution in [0.4, 0.5) is 0 Å². The van der Waals surface area contributed by atoms with E-state index in [2.05, 4.69) is 17.0 Å². The van der Waals surface area contributed by atoms with Gasteiger partial charge in [0.2, 0.25) is 10.0 Å². The number of thioether (sulfide) groups is 1. The van der Waals surface area contributed by atoms with Crippen LogP contribution in [0.25, 0.3) is 0 Å². The molecule has 1 aromatic heterocycles. The summed E-state index contributed by atoms with van der Waals surface area (Å²) in [5.41, 5.74) is 0. The topological polar surface area (TPSA) is 58.2 Å². The Balaban J connectivity index is 2.71. The Kier molecular flexibility index (Phi) is 8.26. The smallest absolute Gasteiger partial charge is 0.241 e. The quantitative estimate of drug-likeness (QED) is 0.637. The van der Waals surface area contributed by atoms with E-state index in [1.54, 1.807) is 17.4 Å². The Morgan fingerprint density at radius 3 is 2.71 bits per heavy atom. The molecule has 0 radical (unpaired) electrons. The molecule has 1 heterocycles. The molecule has 0 saturated carbocycles. The van der Waals surface area contributed by atoms with Crippen LogP contribution in [0.3, 0.4) is 0 Å². The lowest BCUT2D eigenvalue weighted by atomic mass is 10.3. The van der Waals surface area contributed by atoms with Crippen LogP contribution in [-0.2, 0) is 16.6 Å². The van der Waals surface area contributed by atoms with E-state index in [-0.39, 0.29) is 6.04 Å². The average molecular weight is 351 g/mol. The molecule has 1 unspecified atom stereocenters. The van der Waals surface area contributed by atoms with Crippen molar-refractivity contribution in [1.29, 1.82) is 0 Å². The van der Waals surface area contributed by atoms with Crippen molar-refractivity contribution in [1.82, 2.24) is 10.0 Å². The first-order valence-electron chi connectivity index (χ1n) is 7.30. The summed E-state index contributed by atoms with van der Waals surface area (Å²) in [6.07, 6.45) is 0.852. The van der Waals surface area contributed by atoms with Crippen molar-refractivity contribution in [2.45, 2.75) is 51.6 Å². The average Bonchev–Trinajstić information content (AvgIpc) is 2.78. The molecule has 2 N–H and O–H groups in total. The zero-order valence-corrected chi connectivity index (χ0v) is 15.7. The van der Waals surface area contributed by atoms with Gasteiger partial charge in [-0.1, -0.05) is 13.8 Å². The standard InChI is InChI=1S/C14H26N2O2S3/c1-5-15-10-13-9-14(12(4)20-13)21(17,18)16-11(3)7-8-19-6-2/h9,11,15-16H,5-8,10H2,1-4H3. The molecule has 1 atom stereocenters. The molecule has 0 amide bonds. The van der Waals surface area contributed by atoms with Crippen LogP contribution >= 0.6 is 23.1 Å². The first-order valence-corrected chi connectivity index (χ1v) is 10.8. The number of sulfonamides is 1. The van der Waals surface area contributed by atoms with E-state index in [9.17, 15) is 8.42 Å². The number of hydrogen-bond acceptors (Lipinski definition) is 5. The van der Waals surface area contributed by atoms with E-state index in [1.165, 1.54) is 0 Å².